The van der Waals surface area contributed by atoms with Gasteiger partial charge in [0.1, 0.15) is 0 Å². The summed E-state index contributed by atoms with van der Waals surface area (Å²) in [7, 11) is 0. The molecule has 3 rings (SSSR count). The third-order valence-electron chi connectivity index (χ3n) is 4.74. The van der Waals surface area contributed by atoms with Crippen LogP contribution in [0.3, 0.4) is 0 Å². The van der Waals surface area contributed by atoms with Gasteiger partial charge in [-0.15, -0.1) is 0 Å². The molecule has 0 bridgehead atoms. The molecule has 0 saturated carbocycles. The van der Waals surface area contributed by atoms with E-state index in [1.807, 2.05) is 55.5 Å². The van der Waals surface area contributed by atoms with Gasteiger partial charge in [0.05, 0.1) is 5.92 Å². The largest absolute Gasteiger partial charge is 0.352 e. The summed E-state index contributed by atoms with van der Waals surface area (Å²) in [6.07, 6.45) is 1.02. The molecule has 1 saturated heterocycles. The molecule has 0 radical (unpaired) electrons. The highest BCUT2D eigenvalue weighted by molar-refractivity contribution is 6.30. The molecule has 1 aliphatic heterocycles. The molecule has 1 N–H and O–H groups in total. The van der Waals surface area contributed by atoms with Crippen molar-refractivity contribution in [2.24, 2.45) is 5.92 Å². The lowest BCUT2D eigenvalue weighted by Crippen LogP contribution is -2.45. The van der Waals surface area contributed by atoms with Gasteiger partial charge < -0.3 is 10.2 Å². The Bertz CT molecular complexity index is 772. The minimum atomic E-state index is -0.162. The monoisotopic (exact) mass is 370 g/mol. The van der Waals surface area contributed by atoms with E-state index >= 15 is 0 Å². The van der Waals surface area contributed by atoms with Gasteiger partial charge in [0.2, 0.25) is 11.8 Å². The summed E-state index contributed by atoms with van der Waals surface area (Å²) in [5.41, 5.74) is 3.29. The van der Waals surface area contributed by atoms with E-state index in [1.54, 1.807) is 4.90 Å². The second kappa shape index (κ2) is 8.37. The molecule has 2 amide bonds. The number of aryl methyl sites for hydroxylation is 1. The number of halogens is 1. The summed E-state index contributed by atoms with van der Waals surface area (Å²) in [6, 6.07) is 15.6. The van der Waals surface area contributed by atoms with E-state index in [-0.39, 0.29) is 17.7 Å². The number of nitrogens with one attached hydrogen (secondary N) is 1. The number of carbonyl (C=O) groups excluding carboxylic acids is 2. The Morgan fingerprint density at radius 2 is 1.77 bits per heavy atom. The van der Waals surface area contributed by atoms with Crippen molar-refractivity contribution in [1.29, 1.82) is 0 Å². The van der Waals surface area contributed by atoms with Crippen molar-refractivity contribution in [3.05, 3.63) is 70.2 Å². The van der Waals surface area contributed by atoms with Crippen LogP contribution >= 0.6 is 11.6 Å². The van der Waals surface area contributed by atoms with E-state index in [9.17, 15) is 9.59 Å². The van der Waals surface area contributed by atoms with Gasteiger partial charge in [-0.3, -0.25) is 9.59 Å². The summed E-state index contributed by atoms with van der Waals surface area (Å²) in [5, 5.41) is 3.67. The molecule has 2 aromatic rings. The Kier molecular flexibility index (Phi) is 5.94. The SMILES string of the molecule is Cc1ccc(CNC(=O)[C@H]2CCC(=O)N(Cc3ccc(Cl)cc3)C2)cc1. The fourth-order valence-electron chi connectivity index (χ4n) is 3.13. The lowest BCUT2D eigenvalue weighted by atomic mass is 9.96. The molecule has 2 aromatic carbocycles. The van der Waals surface area contributed by atoms with Crippen molar-refractivity contribution in [3.63, 3.8) is 0 Å². The molecule has 0 spiro atoms. The van der Waals surface area contributed by atoms with Gasteiger partial charge in [-0.1, -0.05) is 53.6 Å². The Labute approximate surface area is 159 Å². The van der Waals surface area contributed by atoms with Gasteiger partial charge in [0.25, 0.3) is 0 Å². The number of likely N-dealkylation sites (tertiary alicyclic amines) is 1. The van der Waals surface area contributed by atoms with Crippen LogP contribution in [0.2, 0.25) is 5.02 Å². The molecule has 0 unspecified atom stereocenters. The number of piperidine rings is 1. The number of hydrogen-bond acceptors (Lipinski definition) is 2. The zero-order valence-corrected chi connectivity index (χ0v) is 15.6. The first-order valence-corrected chi connectivity index (χ1v) is 9.24. The highest BCUT2D eigenvalue weighted by atomic mass is 35.5. The quantitative estimate of drug-likeness (QED) is 0.872. The maximum absolute atomic E-state index is 12.5. The first kappa shape index (κ1) is 18.5. The lowest BCUT2D eigenvalue weighted by molar-refractivity contribution is -0.138. The number of hydrogen-bond donors (Lipinski definition) is 1. The van der Waals surface area contributed by atoms with Gasteiger partial charge in [0, 0.05) is 31.1 Å². The molecular weight excluding hydrogens is 348 g/mol. The van der Waals surface area contributed by atoms with Crippen LogP contribution in [0, 0.1) is 12.8 Å². The summed E-state index contributed by atoms with van der Waals surface area (Å²) in [4.78, 5) is 26.5. The van der Waals surface area contributed by atoms with Crippen molar-refractivity contribution in [2.75, 3.05) is 6.54 Å². The van der Waals surface area contributed by atoms with Crippen LogP contribution in [0.4, 0.5) is 0 Å². The maximum Gasteiger partial charge on any atom is 0.225 e. The predicted molar refractivity (Wildman–Crippen MR) is 103 cm³/mol. The molecule has 136 valence electrons. The van der Waals surface area contributed by atoms with E-state index in [2.05, 4.69) is 5.32 Å². The van der Waals surface area contributed by atoms with Gasteiger partial charge in [0.15, 0.2) is 0 Å². The minimum Gasteiger partial charge on any atom is -0.352 e. The smallest absolute Gasteiger partial charge is 0.225 e. The van der Waals surface area contributed by atoms with Crippen molar-refractivity contribution < 1.29 is 9.59 Å². The predicted octanol–water partition coefficient (Wildman–Crippen LogP) is 3.70. The summed E-state index contributed by atoms with van der Waals surface area (Å²) in [6.45, 7) is 3.52. The van der Waals surface area contributed by atoms with Crippen molar-refractivity contribution in [3.8, 4) is 0 Å². The minimum absolute atomic E-state index is 0.0131. The highest BCUT2D eigenvalue weighted by Gasteiger charge is 2.30. The second-order valence-electron chi connectivity index (χ2n) is 6.84. The first-order valence-electron chi connectivity index (χ1n) is 8.87. The maximum atomic E-state index is 12.5. The van der Waals surface area contributed by atoms with Crippen LogP contribution in [0.1, 0.15) is 29.5 Å². The third kappa shape index (κ3) is 4.85. The van der Waals surface area contributed by atoms with E-state index in [0.717, 1.165) is 11.1 Å². The molecule has 5 heteroatoms. The Morgan fingerprint density at radius 3 is 2.46 bits per heavy atom. The van der Waals surface area contributed by atoms with Crippen LogP contribution in [-0.2, 0) is 22.7 Å². The second-order valence-corrected chi connectivity index (χ2v) is 7.28. The highest BCUT2D eigenvalue weighted by Crippen LogP contribution is 2.21. The van der Waals surface area contributed by atoms with Gasteiger partial charge >= 0.3 is 0 Å². The Morgan fingerprint density at radius 1 is 1.12 bits per heavy atom. The molecular formula is C21H23ClN2O2. The summed E-state index contributed by atoms with van der Waals surface area (Å²) in [5.74, 6) is -0.0489. The molecule has 0 aliphatic carbocycles. The summed E-state index contributed by atoms with van der Waals surface area (Å²) < 4.78 is 0. The van der Waals surface area contributed by atoms with Gasteiger partial charge in [-0.2, -0.15) is 0 Å². The fourth-order valence-corrected chi connectivity index (χ4v) is 3.26. The van der Waals surface area contributed by atoms with Crippen molar-refractivity contribution >= 4 is 23.4 Å². The molecule has 1 heterocycles. The number of benzene rings is 2. The zero-order chi connectivity index (χ0) is 18.5. The third-order valence-corrected chi connectivity index (χ3v) is 5.00. The van der Waals surface area contributed by atoms with Crippen LogP contribution < -0.4 is 5.32 Å². The van der Waals surface area contributed by atoms with Crippen molar-refractivity contribution in [1.82, 2.24) is 10.2 Å². The topological polar surface area (TPSA) is 49.4 Å². The molecule has 0 aromatic heterocycles. The average Bonchev–Trinajstić information content (AvgIpc) is 2.64. The number of nitrogens with zero attached hydrogens (tertiary/aromatic N) is 1. The molecule has 1 aliphatic rings. The number of rotatable bonds is 5. The van der Waals surface area contributed by atoms with Crippen molar-refractivity contribution in [2.45, 2.75) is 32.9 Å². The molecule has 1 fully saturated rings. The van der Waals surface area contributed by atoms with Gasteiger partial charge in [-0.25, -0.2) is 0 Å². The van der Waals surface area contributed by atoms with E-state index in [1.165, 1.54) is 5.56 Å². The lowest BCUT2D eigenvalue weighted by Gasteiger charge is -2.32. The first-order chi connectivity index (χ1) is 12.5. The number of amides is 2. The normalized spacial score (nSPS) is 17.2. The molecule has 4 nitrogen and oxygen atoms in total. The molecule has 26 heavy (non-hydrogen) atoms. The van der Waals surface area contributed by atoms with Crippen LogP contribution in [0.15, 0.2) is 48.5 Å². The fraction of sp³-hybridized carbons (Fsp3) is 0.333. The summed E-state index contributed by atoms with van der Waals surface area (Å²) >= 11 is 5.91. The van der Waals surface area contributed by atoms with Crippen LogP contribution in [0.25, 0.3) is 0 Å². The average molecular weight is 371 g/mol. The number of carbonyl (C=O) groups is 2. The van der Waals surface area contributed by atoms with Crippen LogP contribution in [-0.4, -0.2) is 23.3 Å². The Hall–Kier alpha value is -2.33. The van der Waals surface area contributed by atoms with Gasteiger partial charge in [-0.05, 0) is 36.6 Å². The standard InChI is InChI=1S/C21H23ClN2O2/c1-15-2-4-16(5-3-15)12-23-21(26)18-8-11-20(25)24(14-18)13-17-6-9-19(22)10-7-17/h2-7,9-10,18H,8,11-14H2,1H3,(H,23,26)/t18-/m0/s1. The molecule has 1 atom stereocenters. The Balaban J connectivity index is 1.56. The van der Waals surface area contributed by atoms with E-state index in [4.69, 9.17) is 11.6 Å². The zero-order valence-electron chi connectivity index (χ0n) is 14.9. The van der Waals surface area contributed by atoms with E-state index in [0.29, 0.717) is 37.5 Å². The van der Waals surface area contributed by atoms with Crippen LogP contribution in [0.5, 0.6) is 0 Å². The van der Waals surface area contributed by atoms with E-state index < -0.39 is 0 Å².